The third kappa shape index (κ3) is 4.88. The van der Waals surface area contributed by atoms with E-state index in [2.05, 4.69) is 0 Å². The monoisotopic (exact) mass is 650 g/mol. The molecular formula is C34H32ClFN2O8. The van der Waals surface area contributed by atoms with Gasteiger partial charge in [-0.2, -0.15) is 0 Å². The van der Waals surface area contributed by atoms with E-state index < -0.39 is 64.5 Å². The van der Waals surface area contributed by atoms with E-state index in [1.54, 1.807) is 25.1 Å². The molecule has 10 nitrogen and oxygen atoms in total. The lowest BCUT2D eigenvalue weighted by molar-refractivity contribution is -0.142. The summed E-state index contributed by atoms with van der Waals surface area (Å²) >= 11 is 6.04. The highest BCUT2D eigenvalue weighted by Gasteiger charge is 2.66. The highest BCUT2D eigenvalue weighted by molar-refractivity contribution is 6.31. The summed E-state index contributed by atoms with van der Waals surface area (Å²) in [6.45, 7) is 1.71. The van der Waals surface area contributed by atoms with Crippen molar-refractivity contribution in [3.05, 3.63) is 70.5 Å². The molecule has 1 saturated carbocycles. The number of fused-ring (bicyclic) bond motifs is 4. The van der Waals surface area contributed by atoms with Crippen molar-refractivity contribution in [3.63, 3.8) is 0 Å². The molecule has 0 aromatic heterocycles. The number of carbonyl (C=O) groups excluding carboxylic acids is 4. The minimum Gasteiger partial charge on any atom is -0.504 e. The quantitative estimate of drug-likeness (QED) is 0.306. The van der Waals surface area contributed by atoms with E-state index in [4.69, 9.17) is 21.4 Å². The Labute approximate surface area is 269 Å². The van der Waals surface area contributed by atoms with Crippen molar-refractivity contribution < 1.29 is 43.3 Å². The second-order valence-electron chi connectivity index (χ2n) is 12.4. The van der Waals surface area contributed by atoms with Crippen molar-refractivity contribution in [2.75, 3.05) is 18.6 Å². The first-order valence-electron chi connectivity index (χ1n) is 15.0. The molecule has 6 atom stereocenters. The van der Waals surface area contributed by atoms with Crippen molar-refractivity contribution in [2.45, 2.75) is 32.6 Å². The van der Waals surface area contributed by atoms with Gasteiger partial charge in [0.1, 0.15) is 5.82 Å². The van der Waals surface area contributed by atoms with Crippen LogP contribution in [0.3, 0.4) is 0 Å². The highest BCUT2D eigenvalue weighted by atomic mass is 35.5. The molecule has 6 rings (SSSR count). The molecule has 2 aliphatic heterocycles. The van der Waals surface area contributed by atoms with Crippen LogP contribution in [0.25, 0.3) is 6.08 Å². The first-order chi connectivity index (χ1) is 21.9. The number of anilines is 1. The Hall–Kier alpha value is -4.51. The number of rotatable bonds is 8. The Morgan fingerprint density at radius 1 is 1.11 bits per heavy atom. The number of ether oxygens (including phenoxy) is 1. The number of nitrogens with zero attached hydrogens (tertiary/aromatic N) is 2. The Kier molecular flexibility index (Phi) is 8.00. The lowest BCUT2D eigenvalue weighted by Crippen LogP contribution is -2.49. The number of methoxy groups -OCH3 is 1. The lowest BCUT2D eigenvalue weighted by Gasteiger charge is -2.47. The van der Waals surface area contributed by atoms with Crippen LogP contribution in [0.15, 0.2) is 54.1 Å². The molecule has 2 saturated heterocycles. The number of allylic oxidation sites excluding steroid dienone is 3. The SMILES string of the molecule is COc1cc(C=CC2C3=CCC4C(=O)N(CCCC(=O)O)C(=O)C4C3CC3C(=O)N(c4ccc(F)c(Cl)c4)C(=O)C23C)ccc1O. The molecule has 0 bridgehead atoms. The van der Waals surface area contributed by atoms with Crippen LogP contribution in [0.4, 0.5) is 10.1 Å². The van der Waals surface area contributed by atoms with E-state index in [1.165, 1.54) is 25.3 Å². The predicted molar refractivity (Wildman–Crippen MR) is 164 cm³/mol. The Morgan fingerprint density at radius 3 is 2.57 bits per heavy atom. The molecule has 4 aliphatic rings. The number of hydrogen-bond donors (Lipinski definition) is 2. The van der Waals surface area contributed by atoms with E-state index in [9.17, 15) is 33.5 Å². The smallest absolute Gasteiger partial charge is 0.303 e. The molecule has 46 heavy (non-hydrogen) atoms. The van der Waals surface area contributed by atoms with Gasteiger partial charge in [-0.25, -0.2) is 9.29 Å². The number of phenols is 1. The van der Waals surface area contributed by atoms with E-state index in [1.807, 2.05) is 12.2 Å². The predicted octanol–water partition coefficient (Wildman–Crippen LogP) is 4.83. The van der Waals surface area contributed by atoms with Gasteiger partial charge in [0.15, 0.2) is 11.5 Å². The zero-order chi connectivity index (χ0) is 33.1. The number of aromatic hydroxyl groups is 1. The Balaban J connectivity index is 1.42. The van der Waals surface area contributed by atoms with Crippen LogP contribution in [-0.4, -0.2) is 58.4 Å². The van der Waals surface area contributed by atoms with Gasteiger partial charge in [-0.3, -0.25) is 28.9 Å². The zero-order valence-corrected chi connectivity index (χ0v) is 25.9. The van der Waals surface area contributed by atoms with Gasteiger partial charge < -0.3 is 14.9 Å². The molecule has 0 radical (unpaired) electrons. The fourth-order valence-electron chi connectivity index (χ4n) is 7.77. The van der Waals surface area contributed by atoms with E-state index in [-0.39, 0.29) is 60.3 Å². The topological polar surface area (TPSA) is 142 Å². The Morgan fingerprint density at radius 2 is 1.87 bits per heavy atom. The molecule has 0 spiro atoms. The number of benzene rings is 2. The summed E-state index contributed by atoms with van der Waals surface area (Å²) in [7, 11) is 1.42. The normalized spacial score (nSPS) is 28.8. The third-order valence-corrected chi connectivity index (χ3v) is 10.3. The van der Waals surface area contributed by atoms with E-state index in [0.29, 0.717) is 5.56 Å². The number of carbonyl (C=O) groups is 5. The van der Waals surface area contributed by atoms with Crippen LogP contribution in [0, 0.1) is 40.8 Å². The van der Waals surface area contributed by atoms with Gasteiger partial charge in [0.05, 0.1) is 41.0 Å². The van der Waals surface area contributed by atoms with Crippen LogP contribution in [0.1, 0.15) is 38.2 Å². The Bertz CT molecular complexity index is 1740. The van der Waals surface area contributed by atoms with Gasteiger partial charge in [0.2, 0.25) is 23.6 Å². The second kappa shape index (κ2) is 11.7. The zero-order valence-electron chi connectivity index (χ0n) is 25.1. The fraction of sp³-hybridized carbons (Fsp3) is 0.382. The fourth-order valence-corrected chi connectivity index (χ4v) is 7.94. The summed E-state index contributed by atoms with van der Waals surface area (Å²) in [5, 5.41) is 18.9. The number of carboxylic acids is 1. The summed E-state index contributed by atoms with van der Waals surface area (Å²) < 4.78 is 19.3. The molecule has 2 aromatic carbocycles. The van der Waals surface area contributed by atoms with Crippen molar-refractivity contribution in [3.8, 4) is 11.5 Å². The third-order valence-electron chi connectivity index (χ3n) is 10.1. The van der Waals surface area contributed by atoms with Gasteiger partial charge in [-0.1, -0.05) is 41.5 Å². The molecule has 240 valence electrons. The number of likely N-dealkylation sites (tertiary alicyclic amines) is 1. The van der Waals surface area contributed by atoms with Gasteiger partial charge in [0, 0.05) is 18.9 Å². The van der Waals surface area contributed by atoms with Gasteiger partial charge in [0.25, 0.3) is 0 Å². The number of hydrogen-bond acceptors (Lipinski definition) is 7. The number of carboxylic acid groups (broad SMARTS) is 1. The van der Waals surface area contributed by atoms with E-state index in [0.717, 1.165) is 21.4 Å². The molecule has 2 aromatic rings. The molecule has 6 unspecified atom stereocenters. The summed E-state index contributed by atoms with van der Waals surface area (Å²) in [5.41, 5.74) is 0.268. The van der Waals surface area contributed by atoms with Gasteiger partial charge in [-0.05, 0) is 68.0 Å². The first-order valence-corrected chi connectivity index (χ1v) is 15.4. The van der Waals surface area contributed by atoms with Crippen molar-refractivity contribution >= 4 is 53.0 Å². The van der Waals surface area contributed by atoms with E-state index >= 15 is 0 Å². The number of halogens is 2. The molecule has 2 heterocycles. The minimum absolute atomic E-state index is 0.0112. The van der Waals surface area contributed by atoms with Gasteiger partial charge >= 0.3 is 5.97 Å². The molecule has 2 N–H and O–H groups in total. The number of phenolic OH excluding ortho intramolecular Hbond substituents is 1. The summed E-state index contributed by atoms with van der Waals surface area (Å²) in [6, 6.07) is 8.41. The van der Waals surface area contributed by atoms with Gasteiger partial charge in [-0.15, -0.1) is 0 Å². The van der Waals surface area contributed by atoms with Crippen molar-refractivity contribution in [1.29, 1.82) is 0 Å². The number of imide groups is 2. The molecule has 2 aliphatic carbocycles. The molecule has 4 amide bonds. The first kappa shape index (κ1) is 31.5. The van der Waals surface area contributed by atoms with Crippen LogP contribution in [0.2, 0.25) is 5.02 Å². The maximum Gasteiger partial charge on any atom is 0.303 e. The average Bonchev–Trinajstić information content (AvgIpc) is 3.38. The number of aliphatic carboxylic acids is 1. The van der Waals surface area contributed by atoms with Crippen LogP contribution < -0.4 is 9.64 Å². The van der Waals surface area contributed by atoms with Crippen molar-refractivity contribution in [2.24, 2.45) is 35.0 Å². The minimum atomic E-state index is -1.29. The standard InChI is InChI=1S/C34H32ClFN2O8/c1-34-22(10-5-17-6-12-26(39)27(14-17)46-2)19-8-9-20-29(32(44)37(30(20)42)13-3-4-28(40)41)21(19)16-23(34)31(43)38(33(34)45)18-7-11-25(36)24(35)15-18/h5-8,10-12,14-15,20-23,29,39H,3-4,9,13,16H2,1-2H3,(H,40,41). The maximum atomic E-state index is 14.4. The molecule has 12 heteroatoms. The van der Waals surface area contributed by atoms with Crippen molar-refractivity contribution in [1.82, 2.24) is 4.90 Å². The largest absolute Gasteiger partial charge is 0.504 e. The summed E-state index contributed by atoms with van der Waals surface area (Å²) in [4.78, 5) is 68.9. The van der Waals surface area contributed by atoms with Crippen LogP contribution in [0.5, 0.6) is 11.5 Å². The molecule has 3 fully saturated rings. The molecular weight excluding hydrogens is 619 g/mol. The average molecular weight is 651 g/mol. The summed E-state index contributed by atoms with van der Waals surface area (Å²) in [5.74, 6) is -6.76. The highest BCUT2D eigenvalue weighted by Crippen LogP contribution is 2.61. The van der Waals surface area contributed by atoms with Crippen LogP contribution in [-0.2, 0) is 24.0 Å². The maximum absolute atomic E-state index is 14.4. The number of amides is 4. The summed E-state index contributed by atoms with van der Waals surface area (Å²) in [6.07, 6.45) is 5.82. The van der Waals surface area contributed by atoms with Crippen LogP contribution >= 0.6 is 11.6 Å². The lowest BCUT2D eigenvalue weighted by atomic mass is 9.52. The second-order valence-corrected chi connectivity index (χ2v) is 12.8.